The molecule has 1 N–H and O–H groups in total. The van der Waals surface area contributed by atoms with Crippen LogP contribution in [-0.4, -0.2) is 9.97 Å². The summed E-state index contributed by atoms with van der Waals surface area (Å²) in [6.45, 7) is 3.85. The van der Waals surface area contributed by atoms with Gasteiger partial charge in [-0.1, -0.05) is 25.2 Å². The van der Waals surface area contributed by atoms with Gasteiger partial charge in [0.1, 0.15) is 16.3 Å². The lowest BCUT2D eigenvalue weighted by atomic mass is 10.1. The highest BCUT2D eigenvalue weighted by atomic mass is 32.1. The van der Waals surface area contributed by atoms with Gasteiger partial charge in [0, 0.05) is 11.8 Å². The third kappa shape index (κ3) is 1.65. The molecule has 0 amide bonds. The van der Waals surface area contributed by atoms with E-state index in [1.54, 1.807) is 6.07 Å². The maximum Gasteiger partial charge on any atom is 0.147 e. The molecule has 2 rings (SSSR count). The molecular formula is C11H11FN2S. The zero-order chi connectivity index (χ0) is 11.0. The highest BCUT2D eigenvalue weighted by molar-refractivity contribution is 7.71. The van der Waals surface area contributed by atoms with Gasteiger partial charge in [0.2, 0.25) is 0 Å². The summed E-state index contributed by atoms with van der Waals surface area (Å²) in [7, 11) is 0. The highest BCUT2D eigenvalue weighted by Gasteiger charge is 2.07. The molecule has 0 bridgehead atoms. The number of hydrogen-bond acceptors (Lipinski definition) is 2. The lowest BCUT2D eigenvalue weighted by molar-refractivity contribution is 0.635. The summed E-state index contributed by atoms with van der Waals surface area (Å²) >= 11 is 5.16. The fourth-order valence-electron chi connectivity index (χ4n) is 1.60. The second-order valence-corrected chi connectivity index (χ2v) is 3.84. The topological polar surface area (TPSA) is 28.7 Å². The molecule has 1 aromatic carbocycles. The molecule has 0 aliphatic carbocycles. The minimum Gasteiger partial charge on any atom is -0.341 e. The number of aryl methyl sites for hydroxylation is 2. The molecule has 2 aromatic rings. The van der Waals surface area contributed by atoms with Crippen LogP contribution in [0.25, 0.3) is 10.9 Å². The Morgan fingerprint density at radius 3 is 2.87 bits per heavy atom. The van der Waals surface area contributed by atoms with Crippen LogP contribution in [0.4, 0.5) is 4.39 Å². The Hall–Kier alpha value is -1.29. The molecule has 4 heteroatoms. The summed E-state index contributed by atoms with van der Waals surface area (Å²) in [5, 5.41) is 0.710. The standard InChI is InChI=1S/C11H11FN2S/c1-3-8-13-10-7(12)5-4-6(2)9(10)11(15)14-8/h4-5H,3H2,1-2H3,(H,13,14,15). The van der Waals surface area contributed by atoms with E-state index in [2.05, 4.69) is 9.97 Å². The summed E-state index contributed by atoms with van der Waals surface area (Å²) in [5.74, 6) is 0.441. The largest absolute Gasteiger partial charge is 0.341 e. The van der Waals surface area contributed by atoms with Crippen LogP contribution in [0.15, 0.2) is 12.1 Å². The number of hydrogen-bond donors (Lipinski definition) is 1. The summed E-state index contributed by atoms with van der Waals surface area (Å²) in [4.78, 5) is 7.19. The van der Waals surface area contributed by atoms with Crippen molar-refractivity contribution in [3.63, 3.8) is 0 Å². The van der Waals surface area contributed by atoms with Gasteiger partial charge in [-0.25, -0.2) is 9.37 Å². The Balaban J connectivity index is 2.97. The molecule has 0 spiro atoms. The molecule has 0 aliphatic heterocycles. The molecule has 0 unspecified atom stereocenters. The lowest BCUT2D eigenvalue weighted by Crippen LogP contribution is -1.97. The number of halogens is 1. The van der Waals surface area contributed by atoms with E-state index in [1.165, 1.54) is 6.07 Å². The molecular weight excluding hydrogens is 211 g/mol. The number of fused-ring (bicyclic) bond motifs is 1. The minimum absolute atomic E-state index is 0.279. The number of aromatic nitrogens is 2. The predicted octanol–water partition coefficient (Wildman–Crippen LogP) is 3.30. The molecule has 0 fully saturated rings. The highest BCUT2D eigenvalue weighted by Crippen LogP contribution is 2.20. The molecule has 1 aromatic heterocycles. The number of nitrogens with one attached hydrogen (secondary N) is 1. The average molecular weight is 222 g/mol. The van der Waals surface area contributed by atoms with Gasteiger partial charge in [0.05, 0.1) is 5.52 Å². The Kier molecular flexibility index (Phi) is 2.52. The van der Waals surface area contributed by atoms with Crippen LogP contribution in [0.1, 0.15) is 18.3 Å². The first-order valence-corrected chi connectivity index (χ1v) is 5.22. The fourth-order valence-corrected chi connectivity index (χ4v) is 1.97. The molecule has 0 saturated carbocycles. The molecule has 1 heterocycles. The van der Waals surface area contributed by atoms with Crippen molar-refractivity contribution < 1.29 is 4.39 Å². The maximum atomic E-state index is 13.6. The van der Waals surface area contributed by atoms with E-state index < -0.39 is 0 Å². The van der Waals surface area contributed by atoms with E-state index in [4.69, 9.17) is 12.2 Å². The van der Waals surface area contributed by atoms with Gasteiger partial charge >= 0.3 is 0 Å². The van der Waals surface area contributed by atoms with Gasteiger partial charge in [0.15, 0.2) is 0 Å². The zero-order valence-corrected chi connectivity index (χ0v) is 9.41. The third-order valence-electron chi connectivity index (χ3n) is 2.42. The first-order chi connectivity index (χ1) is 7.13. The van der Waals surface area contributed by atoms with Crippen molar-refractivity contribution in [3.05, 3.63) is 34.0 Å². The van der Waals surface area contributed by atoms with E-state index >= 15 is 0 Å². The van der Waals surface area contributed by atoms with Crippen LogP contribution >= 0.6 is 12.2 Å². The van der Waals surface area contributed by atoms with E-state index in [9.17, 15) is 4.39 Å². The molecule has 0 aliphatic rings. The first-order valence-electron chi connectivity index (χ1n) is 4.81. The van der Waals surface area contributed by atoms with E-state index in [0.717, 1.165) is 11.4 Å². The van der Waals surface area contributed by atoms with Crippen LogP contribution in [-0.2, 0) is 6.42 Å². The summed E-state index contributed by atoms with van der Waals surface area (Å²) in [6, 6.07) is 3.16. The van der Waals surface area contributed by atoms with Gasteiger partial charge in [0.25, 0.3) is 0 Å². The summed E-state index contributed by atoms with van der Waals surface area (Å²) in [5.41, 5.74) is 1.41. The molecule has 2 nitrogen and oxygen atoms in total. The molecule has 0 saturated heterocycles. The Morgan fingerprint density at radius 2 is 2.20 bits per heavy atom. The van der Waals surface area contributed by atoms with Crippen molar-refractivity contribution >= 4 is 23.1 Å². The van der Waals surface area contributed by atoms with Crippen molar-refractivity contribution in [2.45, 2.75) is 20.3 Å². The van der Waals surface area contributed by atoms with Gasteiger partial charge in [-0.3, -0.25) is 0 Å². The van der Waals surface area contributed by atoms with Crippen LogP contribution in [0.5, 0.6) is 0 Å². The predicted molar refractivity (Wildman–Crippen MR) is 61.0 cm³/mol. The number of rotatable bonds is 1. The second kappa shape index (κ2) is 3.70. The normalized spacial score (nSPS) is 10.9. The van der Waals surface area contributed by atoms with Crippen molar-refractivity contribution in [3.8, 4) is 0 Å². The van der Waals surface area contributed by atoms with E-state index in [1.807, 2.05) is 13.8 Å². The van der Waals surface area contributed by atoms with Crippen LogP contribution < -0.4 is 0 Å². The van der Waals surface area contributed by atoms with Crippen molar-refractivity contribution in [1.29, 1.82) is 0 Å². The quantitative estimate of drug-likeness (QED) is 0.750. The first kappa shape index (κ1) is 10.2. The zero-order valence-electron chi connectivity index (χ0n) is 8.60. The fraction of sp³-hybridized carbons (Fsp3) is 0.273. The van der Waals surface area contributed by atoms with Gasteiger partial charge in [-0.2, -0.15) is 0 Å². The van der Waals surface area contributed by atoms with Gasteiger partial charge in [-0.05, 0) is 18.6 Å². The van der Waals surface area contributed by atoms with Gasteiger partial charge in [-0.15, -0.1) is 0 Å². The van der Waals surface area contributed by atoms with Crippen molar-refractivity contribution in [2.24, 2.45) is 0 Å². The smallest absolute Gasteiger partial charge is 0.147 e. The van der Waals surface area contributed by atoms with Gasteiger partial charge < -0.3 is 4.98 Å². The van der Waals surface area contributed by atoms with Crippen LogP contribution in [0.2, 0.25) is 0 Å². The maximum absolute atomic E-state index is 13.6. The average Bonchev–Trinajstić information content (AvgIpc) is 2.23. The summed E-state index contributed by atoms with van der Waals surface area (Å²) < 4.78 is 14.0. The number of aromatic amines is 1. The van der Waals surface area contributed by atoms with Crippen LogP contribution in [0, 0.1) is 17.4 Å². The molecule has 78 valence electrons. The van der Waals surface area contributed by atoms with E-state index in [0.29, 0.717) is 22.0 Å². The second-order valence-electron chi connectivity index (χ2n) is 3.46. The Bertz CT molecular complexity index is 575. The minimum atomic E-state index is -0.279. The van der Waals surface area contributed by atoms with Crippen LogP contribution in [0.3, 0.4) is 0 Å². The number of H-pyrrole nitrogens is 1. The number of benzene rings is 1. The Labute approximate surface area is 92.2 Å². The van der Waals surface area contributed by atoms with Crippen molar-refractivity contribution in [2.75, 3.05) is 0 Å². The van der Waals surface area contributed by atoms with E-state index in [-0.39, 0.29) is 5.82 Å². The molecule has 0 radical (unpaired) electrons. The lowest BCUT2D eigenvalue weighted by Gasteiger charge is -2.05. The SMILES string of the molecule is CCc1nc(=S)c2c(C)ccc(F)c2[nH]1. The Morgan fingerprint density at radius 1 is 1.47 bits per heavy atom. The third-order valence-corrected chi connectivity index (χ3v) is 2.71. The molecule has 15 heavy (non-hydrogen) atoms. The summed E-state index contributed by atoms with van der Waals surface area (Å²) in [6.07, 6.45) is 0.715. The van der Waals surface area contributed by atoms with Crippen molar-refractivity contribution in [1.82, 2.24) is 9.97 Å². The molecule has 0 atom stereocenters. The monoisotopic (exact) mass is 222 g/mol. The number of nitrogens with zero attached hydrogens (tertiary/aromatic N) is 1.